The van der Waals surface area contributed by atoms with Crippen molar-refractivity contribution in [2.75, 3.05) is 26.7 Å². The van der Waals surface area contributed by atoms with Crippen LogP contribution in [-0.2, 0) is 4.84 Å². The van der Waals surface area contributed by atoms with E-state index in [1.54, 1.807) is 13.3 Å². The Morgan fingerprint density at radius 2 is 2.57 bits per heavy atom. The van der Waals surface area contributed by atoms with Crippen LogP contribution in [0.3, 0.4) is 0 Å². The number of oxime groups is 1. The molecule has 1 rings (SSSR count). The van der Waals surface area contributed by atoms with Gasteiger partial charge in [-0.25, -0.2) is 0 Å². The van der Waals surface area contributed by atoms with Crippen molar-refractivity contribution in [3.05, 3.63) is 11.6 Å². The lowest BCUT2D eigenvalue weighted by Gasteiger charge is -2.23. The minimum absolute atomic E-state index is 0. The lowest BCUT2D eigenvalue weighted by molar-refractivity contribution is 0.215. The summed E-state index contributed by atoms with van der Waals surface area (Å²) < 4.78 is 0. The highest BCUT2D eigenvalue weighted by atomic mass is 35.5. The normalized spacial score (nSPS) is 17.0. The summed E-state index contributed by atoms with van der Waals surface area (Å²) >= 11 is 0. The third kappa shape index (κ3) is 4.31. The van der Waals surface area contributed by atoms with E-state index in [4.69, 9.17) is 6.42 Å². The van der Waals surface area contributed by atoms with Crippen molar-refractivity contribution in [1.82, 2.24) is 4.90 Å². The van der Waals surface area contributed by atoms with Crippen molar-refractivity contribution in [2.45, 2.75) is 6.42 Å². The van der Waals surface area contributed by atoms with Crippen molar-refractivity contribution < 1.29 is 4.84 Å². The molecule has 0 bridgehead atoms. The summed E-state index contributed by atoms with van der Waals surface area (Å²) in [5.41, 5.74) is 1.17. The highest BCUT2D eigenvalue weighted by molar-refractivity contribution is 5.85. The highest BCUT2D eigenvalue weighted by Crippen LogP contribution is 2.06. The number of rotatable bonds is 3. The Morgan fingerprint density at radius 1 is 1.79 bits per heavy atom. The molecule has 1 aliphatic rings. The van der Waals surface area contributed by atoms with Gasteiger partial charge in [0, 0.05) is 13.1 Å². The van der Waals surface area contributed by atoms with E-state index in [0.29, 0.717) is 6.54 Å². The van der Waals surface area contributed by atoms with Gasteiger partial charge in [-0.2, -0.15) is 0 Å². The van der Waals surface area contributed by atoms with Crippen LogP contribution in [0.5, 0.6) is 0 Å². The van der Waals surface area contributed by atoms with Gasteiger partial charge in [-0.3, -0.25) is 4.90 Å². The maximum Gasteiger partial charge on any atom is 0.106 e. The zero-order valence-electron chi connectivity index (χ0n) is 8.27. The van der Waals surface area contributed by atoms with E-state index in [2.05, 4.69) is 26.9 Å². The van der Waals surface area contributed by atoms with Gasteiger partial charge in [-0.1, -0.05) is 17.2 Å². The van der Waals surface area contributed by atoms with E-state index in [0.717, 1.165) is 19.5 Å². The summed E-state index contributed by atoms with van der Waals surface area (Å²) in [6.45, 7) is 2.61. The lowest BCUT2D eigenvalue weighted by Crippen LogP contribution is -2.30. The van der Waals surface area contributed by atoms with Gasteiger partial charge in [-0.05, 0) is 12.0 Å². The van der Waals surface area contributed by atoms with Crippen LogP contribution in [-0.4, -0.2) is 37.9 Å². The molecule has 0 radical (unpaired) electrons. The third-order valence-electron chi connectivity index (χ3n) is 1.90. The second-order valence-electron chi connectivity index (χ2n) is 2.90. The number of halogens is 1. The number of hydrogen-bond acceptors (Lipinski definition) is 3. The molecule has 0 aromatic carbocycles. The zero-order valence-corrected chi connectivity index (χ0v) is 9.09. The Hall–Kier alpha value is -0.980. The van der Waals surface area contributed by atoms with Crippen LogP contribution in [0.2, 0.25) is 0 Å². The molecule has 0 N–H and O–H groups in total. The van der Waals surface area contributed by atoms with Crippen molar-refractivity contribution in [3.63, 3.8) is 0 Å². The van der Waals surface area contributed by atoms with Gasteiger partial charge in [-0.15, -0.1) is 18.8 Å². The van der Waals surface area contributed by atoms with Crippen LogP contribution in [0.15, 0.2) is 16.8 Å². The van der Waals surface area contributed by atoms with Crippen LogP contribution in [0.1, 0.15) is 6.42 Å². The SMILES string of the molecule is C#CCN1CCC=C(C=NOC)C1.Cl. The molecule has 0 aromatic rings. The summed E-state index contributed by atoms with van der Waals surface area (Å²) in [6.07, 6.45) is 10.2. The van der Waals surface area contributed by atoms with Gasteiger partial charge in [0.15, 0.2) is 0 Å². The fraction of sp³-hybridized carbons (Fsp3) is 0.500. The van der Waals surface area contributed by atoms with Gasteiger partial charge in [0.25, 0.3) is 0 Å². The molecule has 1 heterocycles. The number of hydrogen-bond donors (Lipinski definition) is 0. The molecule has 0 aromatic heterocycles. The zero-order chi connectivity index (χ0) is 9.52. The quantitative estimate of drug-likeness (QED) is 0.402. The van der Waals surface area contributed by atoms with Gasteiger partial charge >= 0.3 is 0 Å². The first-order valence-corrected chi connectivity index (χ1v) is 4.28. The highest BCUT2D eigenvalue weighted by Gasteiger charge is 2.09. The van der Waals surface area contributed by atoms with E-state index < -0.39 is 0 Å². The van der Waals surface area contributed by atoms with Crippen molar-refractivity contribution in [2.24, 2.45) is 5.16 Å². The minimum atomic E-state index is 0. The fourth-order valence-corrected chi connectivity index (χ4v) is 1.31. The standard InChI is InChI=1S/C10H14N2O.ClH/c1-3-6-12-7-4-5-10(9-12)8-11-13-2;/h1,5,8H,4,6-7,9H2,2H3;1H. The van der Waals surface area contributed by atoms with Crippen molar-refractivity contribution >= 4 is 18.6 Å². The summed E-state index contributed by atoms with van der Waals surface area (Å²) in [4.78, 5) is 6.81. The summed E-state index contributed by atoms with van der Waals surface area (Å²) in [7, 11) is 1.54. The molecule has 0 aliphatic carbocycles. The summed E-state index contributed by atoms with van der Waals surface area (Å²) in [5, 5.41) is 3.72. The monoisotopic (exact) mass is 214 g/mol. The smallest absolute Gasteiger partial charge is 0.106 e. The molecule has 1 aliphatic heterocycles. The van der Waals surface area contributed by atoms with Gasteiger partial charge in [0.2, 0.25) is 0 Å². The van der Waals surface area contributed by atoms with Crippen LogP contribution >= 0.6 is 12.4 Å². The third-order valence-corrected chi connectivity index (χ3v) is 1.90. The largest absolute Gasteiger partial charge is 0.399 e. The van der Waals surface area contributed by atoms with E-state index in [1.165, 1.54) is 5.57 Å². The number of terminal acetylenes is 1. The van der Waals surface area contributed by atoms with Crippen LogP contribution in [0, 0.1) is 12.3 Å². The topological polar surface area (TPSA) is 24.8 Å². The Labute approximate surface area is 91.2 Å². The minimum Gasteiger partial charge on any atom is -0.399 e. The molecule has 14 heavy (non-hydrogen) atoms. The predicted octanol–water partition coefficient (Wildman–Crippen LogP) is 1.31. The Kier molecular flexibility index (Phi) is 6.91. The molecule has 78 valence electrons. The molecule has 4 heteroatoms. The van der Waals surface area contributed by atoms with Crippen LogP contribution in [0.25, 0.3) is 0 Å². The van der Waals surface area contributed by atoms with Crippen LogP contribution < -0.4 is 0 Å². The Morgan fingerprint density at radius 3 is 3.21 bits per heavy atom. The van der Waals surface area contributed by atoms with Crippen molar-refractivity contribution in [1.29, 1.82) is 0 Å². The molecular formula is C10H15ClN2O. The molecule has 0 saturated heterocycles. The maximum absolute atomic E-state index is 5.24. The molecule has 3 nitrogen and oxygen atoms in total. The second-order valence-corrected chi connectivity index (χ2v) is 2.90. The number of nitrogens with zero attached hydrogens (tertiary/aromatic N) is 2. The molecular weight excluding hydrogens is 200 g/mol. The first-order chi connectivity index (χ1) is 6.36. The molecule has 0 spiro atoms. The van der Waals surface area contributed by atoms with Gasteiger partial charge in [0.1, 0.15) is 7.11 Å². The van der Waals surface area contributed by atoms with Gasteiger partial charge in [0.05, 0.1) is 12.8 Å². The Balaban J connectivity index is 0.00000169. The first-order valence-electron chi connectivity index (χ1n) is 4.28. The van der Waals surface area contributed by atoms with E-state index in [1.807, 2.05) is 0 Å². The molecule has 0 fully saturated rings. The average Bonchev–Trinajstić information content (AvgIpc) is 2.16. The average molecular weight is 215 g/mol. The summed E-state index contributed by atoms with van der Waals surface area (Å²) in [6, 6.07) is 0. The molecule has 0 saturated carbocycles. The van der Waals surface area contributed by atoms with E-state index in [9.17, 15) is 0 Å². The first kappa shape index (κ1) is 13.0. The van der Waals surface area contributed by atoms with Gasteiger partial charge < -0.3 is 4.84 Å². The predicted molar refractivity (Wildman–Crippen MR) is 60.7 cm³/mol. The molecule has 0 atom stereocenters. The second kappa shape index (κ2) is 7.43. The van der Waals surface area contributed by atoms with E-state index >= 15 is 0 Å². The Bertz CT molecular complexity index is 255. The van der Waals surface area contributed by atoms with Crippen molar-refractivity contribution in [3.8, 4) is 12.3 Å². The molecule has 0 amide bonds. The van der Waals surface area contributed by atoms with E-state index in [-0.39, 0.29) is 12.4 Å². The molecule has 0 unspecified atom stereocenters. The fourth-order valence-electron chi connectivity index (χ4n) is 1.31. The lowest BCUT2D eigenvalue weighted by atomic mass is 10.1. The summed E-state index contributed by atoms with van der Waals surface area (Å²) in [5.74, 6) is 2.64. The maximum atomic E-state index is 5.24. The van der Waals surface area contributed by atoms with Crippen LogP contribution in [0.4, 0.5) is 0 Å².